The van der Waals surface area contributed by atoms with Gasteiger partial charge in [0.15, 0.2) is 11.5 Å². The van der Waals surface area contributed by atoms with Gasteiger partial charge in [0, 0.05) is 17.7 Å². The number of likely N-dealkylation sites (tertiary alicyclic amines) is 1. The maximum Gasteiger partial charge on any atom is 0.295 e. The van der Waals surface area contributed by atoms with Gasteiger partial charge < -0.3 is 19.5 Å². The van der Waals surface area contributed by atoms with Gasteiger partial charge in [-0.2, -0.15) is 0 Å². The second-order valence-corrected chi connectivity index (χ2v) is 6.94. The second-order valence-electron chi connectivity index (χ2n) is 6.94. The van der Waals surface area contributed by atoms with Gasteiger partial charge in [0.05, 0.1) is 25.8 Å². The number of carbonyl (C=O) groups excluding carboxylic acids is 2. The molecule has 0 bridgehead atoms. The van der Waals surface area contributed by atoms with E-state index >= 15 is 0 Å². The highest BCUT2D eigenvalue weighted by Crippen LogP contribution is 2.45. The first-order chi connectivity index (χ1) is 14.4. The highest BCUT2D eigenvalue weighted by Gasteiger charge is 2.47. The number of benzene rings is 2. The summed E-state index contributed by atoms with van der Waals surface area (Å²) in [6.45, 7) is 2.32. The Balaban J connectivity index is 2.24. The first-order valence-electron chi connectivity index (χ1n) is 9.69. The van der Waals surface area contributed by atoms with E-state index < -0.39 is 23.5 Å². The number of unbranched alkanes of at least 4 members (excludes halogenated alkanes) is 1. The molecule has 30 heavy (non-hydrogen) atoms. The minimum atomic E-state index is -0.855. The Morgan fingerprint density at radius 3 is 2.40 bits per heavy atom. The normalized spacial score (nSPS) is 18.0. The molecule has 2 aromatic rings. The van der Waals surface area contributed by atoms with Crippen molar-refractivity contribution in [2.24, 2.45) is 0 Å². The number of para-hydroxylation sites is 1. The Morgan fingerprint density at radius 1 is 1.10 bits per heavy atom. The molecule has 1 heterocycles. The van der Waals surface area contributed by atoms with E-state index in [0.717, 1.165) is 6.42 Å². The van der Waals surface area contributed by atoms with Gasteiger partial charge in [0.25, 0.3) is 11.7 Å². The molecule has 1 saturated heterocycles. The van der Waals surface area contributed by atoms with Gasteiger partial charge in [-0.15, -0.1) is 0 Å². The Hall–Kier alpha value is -3.35. The van der Waals surface area contributed by atoms with Crippen LogP contribution in [0.2, 0.25) is 0 Å². The second kappa shape index (κ2) is 8.98. The van der Waals surface area contributed by atoms with Gasteiger partial charge in [-0.25, -0.2) is 4.39 Å². The van der Waals surface area contributed by atoms with E-state index in [1.807, 2.05) is 6.92 Å². The molecule has 0 aromatic heterocycles. The number of amides is 1. The molecule has 1 atom stereocenters. The number of hydrogen-bond donors (Lipinski definition) is 1. The lowest BCUT2D eigenvalue weighted by molar-refractivity contribution is -0.139. The van der Waals surface area contributed by atoms with Gasteiger partial charge in [-0.1, -0.05) is 25.5 Å². The molecule has 1 amide bonds. The molecule has 1 aliphatic rings. The number of aliphatic hydroxyl groups excluding tert-OH is 1. The van der Waals surface area contributed by atoms with Crippen LogP contribution in [0.3, 0.4) is 0 Å². The number of carbonyl (C=O) groups is 2. The van der Waals surface area contributed by atoms with Crippen molar-refractivity contribution in [1.82, 2.24) is 4.90 Å². The Kier molecular flexibility index (Phi) is 6.40. The number of hydrogen-bond acceptors (Lipinski definition) is 5. The third-order valence-electron chi connectivity index (χ3n) is 5.14. The van der Waals surface area contributed by atoms with E-state index in [-0.39, 0.29) is 16.9 Å². The molecule has 3 rings (SSSR count). The average Bonchev–Trinajstić information content (AvgIpc) is 3.01. The molecule has 1 fully saturated rings. The number of ether oxygens (including phenoxy) is 2. The topological polar surface area (TPSA) is 76.1 Å². The lowest BCUT2D eigenvalue weighted by Gasteiger charge is -2.27. The predicted octanol–water partition coefficient (Wildman–Crippen LogP) is 4.06. The number of halogens is 1. The molecule has 2 aromatic carbocycles. The SMILES string of the molecule is CCCCN1C(=O)C(=O)/C(=C(/O)c2ccc(F)cc2)C1c1cccc(OC)c1OC. The lowest BCUT2D eigenvalue weighted by atomic mass is 9.94. The third-order valence-corrected chi connectivity index (χ3v) is 5.14. The largest absolute Gasteiger partial charge is 0.507 e. The van der Waals surface area contributed by atoms with Crippen molar-refractivity contribution in [1.29, 1.82) is 0 Å². The quantitative estimate of drug-likeness (QED) is 0.421. The van der Waals surface area contributed by atoms with E-state index in [0.29, 0.717) is 30.0 Å². The molecule has 0 spiro atoms. The molecular weight excluding hydrogens is 389 g/mol. The van der Waals surface area contributed by atoms with Crippen LogP contribution in [0.15, 0.2) is 48.0 Å². The van der Waals surface area contributed by atoms with E-state index in [1.54, 1.807) is 18.2 Å². The van der Waals surface area contributed by atoms with E-state index in [2.05, 4.69) is 0 Å². The predicted molar refractivity (Wildman–Crippen MR) is 110 cm³/mol. The van der Waals surface area contributed by atoms with Crippen LogP contribution in [0, 0.1) is 5.82 Å². The van der Waals surface area contributed by atoms with Gasteiger partial charge in [-0.3, -0.25) is 9.59 Å². The highest BCUT2D eigenvalue weighted by molar-refractivity contribution is 6.46. The summed E-state index contributed by atoms with van der Waals surface area (Å²) in [6.07, 6.45) is 1.51. The van der Waals surface area contributed by atoms with Crippen molar-refractivity contribution in [3.8, 4) is 11.5 Å². The van der Waals surface area contributed by atoms with Crippen LogP contribution in [0.25, 0.3) is 5.76 Å². The van der Waals surface area contributed by atoms with E-state index in [9.17, 15) is 19.1 Å². The summed E-state index contributed by atoms with van der Waals surface area (Å²) in [5.41, 5.74) is 0.710. The van der Waals surface area contributed by atoms with Crippen LogP contribution in [0.5, 0.6) is 11.5 Å². The maximum atomic E-state index is 13.3. The molecule has 1 unspecified atom stereocenters. The minimum Gasteiger partial charge on any atom is -0.507 e. The highest BCUT2D eigenvalue weighted by atomic mass is 19.1. The van der Waals surface area contributed by atoms with Crippen molar-refractivity contribution < 1.29 is 28.6 Å². The van der Waals surface area contributed by atoms with Crippen molar-refractivity contribution in [3.63, 3.8) is 0 Å². The monoisotopic (exact) mass is 413 g/mol. The number of methoxy groups -OCH3 is 2. The molecule has 0 aliphatic carbocycles. The fourth-order valence-corrected chi connectivity index (χ4v) is 3.65. The molecule has 1 aliphatic heterocycles. The first kappa shape index (κ1) is 21.4. The van der Waals surface area contributed by atoms with Crippen molar-refractivity contribution >= 4 is 17.4 Å². The zero-order valence-corrected chi connectivity index (χ0v) is 17.1. The summed E-state index contributed by atoms with van der Waals surface area (Å²) in [5, 5.41) is 10.9. The van der Waals surface area contributed by atoms with Crippen LogP contribution >= 0.6 is 0 Å². The number of ketones is 1. The molecular formula is C23H24FNO5. The summed E-state index contributed by atoms with van der Waals surface area (Å²) >= 11 is 0. The molecule has 0 saturated carbocycles. The third kappa shape index (κ3) is 3.75. The molecule has 7 heteroatoms. The number of Topliss-reactive ketones (excluding diaryl/α,β-unsaturated/α-hetero) is 1. The van der Waals surface area contributed by atoms with Crippen molar-refractivity contribution in [2.75, 3.05) is 20.8 Å². The number of rotatable bonds is 7. The zero-order chi connectivity index (χ0) is 21.8. The van der Waals surface area contributed by atoms with Crippen LogP contribution < -0.4 is 9.47 Å². The summed E-state index contributed by atoms with van der Waals surface area (Å²) < 4.78 is 24.2. The van der Waals surface area contributed by atoms with Crippen LogP contribution in [0.4, 0.5) is 4.39 Å². The van der Waals surface area contributed by atoms with Gasteiger partial charge in [-0.05, 0) is 36.8 Å². The van der Waals surface area contributed by atoms with Gasteiger partial charge >= 0.3 is 0 Å². The standard InChI is InChI=1S/C23H24FNO5/c1-4-5-13-25-19(16-7-6-8-17(29-2)22(16)30-3)18(21(27)23(25)28)20(26)14-9-11-15(24)12-10-14/h6-12,19,26H,4-5,13H2,1-3H3/b20-18+. The van der Waals surface area contributed by atoms with Gasteiger partial charge in [0.2, 0.25) is 0 Å². The number of nitrogens with zero attached hydrogens (tertiary/aromatic N) is 1. The van der Waals surface area contributed by atoms with Gasteiger partial charge in [0.1, 0.15) is 11.6 Å². The Bertz CT molecular complexity index is 984. The zero-order valence-electron chi connectivity index (χ0n) is 17.1. The average molecular weight is 413 g/mol. The van der Waals surface area contributed by atoms with E-state index in [4.69, 9.17) is 9.47 Å². The summed E-state index contributed by atoms with van der Waals surface area (Å²) in [7, 11) is 2.97. The Morgan fingerprint density at radius 2 is 1.80 bits per heavy atom. The summed E-state index contributed by atoms with van der Waals surface area (Å²) in [5.74, 6) is -1.50. The molecule has 0 radical (unpaired) electrons. The maximum absolute atomic E-state index is 13.3. The fourth-order valence-electron chi connectivity index (χ4n) is 3.65. The van der Waals surface area contributed by atoms with Crippen LogP contribution in [-0.2, 0) is 9.59 Å². The lowest BCUT2D eigenvalue weighted by Crippen LogP contribution is -2.30. The molecule has 1 N–H and O–H groups in total. The van der Waals surface area contributed by atoms with Crippen molar-refractivity contribution in [2.45, 2.75) is 25.8 Å². The van der Waals surface area contributed by atoms with Crippen molar-refractivity contribution in [3.05, 3.63) is 65.0 Å². The molecule has 158 valence electrons. The van der Waals surface area contributed by atoms with Crippen LogP contribution in [0.1, 0.15) is 36.9 Å². The molecule has 6 nitrogen and oxygen atoms in total. The smallest absolute Gasteiger partial charge is 0.295 e. The summed E-state index contributed by atoms with van der Waals surface area (Å²) in [6, 6.07) is 9.41. The summed E-state index contributed by atoms with van der Waals surface area (Å²) in [4.78, 5) is 27.2. The van der Waals surface area contributed by atoms with E-state index in [1.165, 1.54) is 43.4 Å². The fraction of sp³-hybridized carbons (Fsp3) is 0.304. The Labute approximate surface area is 174 Å². The minimum absolute atomic E-state index is 0.0609. The number of aliphatic hydroxyl groups is 1. The van der Waals surface area contributed by atoms with Crippen LogP contribution in [-0.4, -0.2) is 42.5 Å². The first-order valence-corrected chi connectivity index (χ1v) is 9.69.